The molecule has 0 saturated carbocycles. The van der Waals surface area contributed by atoms with E-state index < -0.39 is 11.6 Å². The van der Waals surface area contributed by atoms with Crippen LogP contribution in [0.5, 0.6) is 0 Å². The molecule has 2 rings (SSSR count). The van der Waals surface area contributed by atoms with Crippen LogP contribution in [0.3, 0.4) is 0 Å². The van der Waals surface area contributed by atoms with E-state index in [-0.39, 0.29) is 17.5 Å². The molecule has 2 aromatic rings. The standard InChI is InChI=1S/C15H16F3N3/c1-3-6-19-14-12(17)8-13(18)15(21-14)20-10-4-5-11(16)9(2)7-10/h4-5,7-8H,3,6H2,1-2H3,(H2,19,20,21). The summed E-state index contributed by atoms with van der Waals surface area (Å²) in [4.78, 5) is 3.89. The molecule has 1 heterocycles. The number of hydrogen-bond donors (Lipinski definition) is 2. The van der Waals surface area contributed by atoms with Gasteiger partial charge in [0.2, 0.25) is 0 Å². The zero-order valence-corrected chi connectivity index (χ0v) is 11.8. The Kier molecular flexibility index (Phi) is 4.67. The van der Waals surface area contributed by atoms with Gasteiger partial charge in [0.05, 0.1) is 0 Å². The first-order chi connectivity index (χ1) is 10.0. The lowest BCUT2D eigenvalue weighted by Gasteiger charge is -2.11. The van der Waals surface area contributed by atoms with Crippen LogP contribution in [-0.2, 0) is 0 Å². The van der Waals surface area contributed by atoms with Crippen LogP contribution in [-0.4, -0.2) is 11.5 Å². The van der Waals surface area contributed by atoms with Gasteiger partial charge >= 0.3 is 0 Å². The van der Waals surface area contributed by atoms with Gasteiger partial charge in [-0.3, -0.25) is 0 Å². The van der Waals surface area contributed by atoms with E-state index in [1.807, 2.05) is 6.92 Å². The molecular formula is C15H16F3N3. The number of rotatable bonds is 5. The highest BCUT2D eigenvalue weighted by molar-refractivity contribution is 5.59. The molecule has 6 heteroatoms. The number of aryl methyl sites for hydroxylation is 1. The number of nitrogens with zero attached hydrogens (tertiary/aromatic N) is 1. The minimum absolute atomic E-state index is 0.0143. The Hall–Kier alpha value is -2.24. The lowest BCUT2D eigenvalue weighted by atomic mass is 10.2. The summed E-state index contributed by atoms with van der Waals surface area (Å²) >= 11 is 0. The molecule has 0 spiro atoms. The highest BCUT2D eigenvalue weighted by Crippen LogP contribution is 2.23. The van der Waals surface area contributed by atoms with Gasteiger partial charge in [-0.25, -0.2) is 18.2 Å². The zero-order chi connectivity index (χ0) is 15.4. The second-order valence-corrected chi connectivity index (χ2v) is 4.66. The van der Waals surface area contributed by atoms with Gasteiger partial charge in [0.1, 0.15) is 5.82 Å². The van der Waals surface area contributed by atoms with E-state index in [9.17, 15) is 13.2 Å². The molecular weight excluding hydrogens is 279 g/mol. The number of nitrogens with one attached hydrogen (secondary N) is 2. The van der Waals surface area contributed by atoms with Crippen LogP contribution in [0, 0.1) is 24.4 Å². The number of benzene rings is 1. The largest absolute Gasteiger partial charge is 0.368 e. The normalized spacial score (nSPS) is 10.5. The summed E-state index contributed by atoms with van der Waals surface area (Å²) in [5.41, 5.74) is 0.903. The number of halogens is 3. The van der Waals surface area contributed by atoms with Crippen LogP contribution in [0.4, 0.5) is 30.5 Å². The Balaban J connectivity index is 2.28. The fourth-order valence-corrected chi connectivity index (χ4v) is 1.78. The fraction of sp³-hybridized carbons (Fsp3) is 0.267. The summed E-state index contributed by atoms with van der Waals surface area (Å²) in [6.45, 7) is 4.06. The minimum Gasteiger partial charge on any atom is -0.368 e. The molecule has 3 nitrogen and oxygen atoms in total. The first-order valence-corrected chi connectivity index (χ1v) is 6.64. The van der Waals surface area contributed by atoms with Crippen LogP contribution < -0.4 is 10.6 Å². The molecule has 21 heavy (non-hydrogen) atoms. The molecule has 112 valence electrons. The van der Waals surface area contributed by atoms with Gasteiger partial charge in [-0.05, 0) is 37.1 Å². The van der Waals surface area contributed by atoms with Gasteiger partial charge in [-0.2, -0.15) is 0 Å². The summed E-state index contributed by atoms with van der Waals surface area (Å²) in [5.74, 6) is -2.03. The third kappa shape index (κ3) is 3.65. The molecule has 0 radical (unpaired) electrons. The SMILES string of the molecule is CCCNc1nc(Nc2ccc(F)c(C)c2)c(F)cc1F. The van der Waals surface area contributed by atoms with Crippen molar-refractivity contribution in [3.63, 3.8) is 0 Å². The van der Waals surface area contributed by atoms with Crippen molar-refractivity contribution in [1.29, 1.82) is 0 Å². The quantitative estimate of drug-likeness (QED) is 0.860. The number of pyridine rings is 1. The Morgan fingerprint density at radius 2 is 1.71 bits per heavy atom. The van der Waals surface area contributed by atoms with Crippen LogP contribution in [0.1, 0.15) is 18.9 Å². The van der Waals surface area contributed by atoms with Crippen molar-refractivity contribution < 1.29 is 13.2 Å². The fourth-order valence-electron chi connectivity index (χ4n) is 1.78. The lowest BCUT2D eigenvalue weighted by molar-refractivity contribution is 0.579. The molecule has 0 aliphatic carbocycles. The monoisotopic (exact) mass is 295 g/mol. The van der Waals surface area contributed by atoms with Crippen LogP contribution in [0.25, 0.3) is 0 Å². The van der Waals surface area contributed by atoms with Gasteiger partial charge in [0.25, 0.3) is 0 Å². The molecule has 0 unspecified atom stereocenters. The topological polar surface area (TPSA) is 37.0 Å². The van der Waals surface area contributed by atoms with Crippen molar-refractivity contribution in [1.82, 2.24) is 4.98 Å². The van der Waals surface area contributed by atoms with E-state index in [1.165, 1.54) is 18.2 Å². The second kappa shape index (κ2) is 6.47. The van der Waals surface area contributed by atoms with E-state index in [1.54, 1.807) is 6.92 Å². The average Bonchev–Trinajstić information content (AvgIpc) is 2.44. The predicted molar refractivity (Wildman–Crippen MR) is 77.4 cm³/mol. The van der Waals surface area contributed by atoms with Crippen molar-refractivity contribution in [2.24, 2.45) is 0 Å². The van der Waals surface area contributed by atoms with Crippen LogP contribution >= 0.6 is 0 Å². The Bertz CT molecular complexity index is 644. The smallest absolute Gasteiger partial charge is 0.169 e. The first kappa shape index (κ1) is 15.2. The molecule has 1 aromatic heterocycles. The number of hydrogen-bond acceptors (Lipinski definition) is 3. The van der Waals surface area contributed by atoms with Gasteiger partial charge < -0.3 is 10.6 Å². The third-order valence-electron chi connectivity index (χ3n) is 2.89. The third-order valence-corrected chi connectivity index (χ3v) is 2.89. The minimum atomic E-state index is -0.809. The summed E-state index contributed by atoms with van der Waals surface area (Å²) in [6, 6.07) is 5.03. The zero-order valence-electron chi connectivity index (χ0n) is 11.8. The maximum absolute atomic E-state index is 13.8. The van der Waals surface area contributed by atoms with Crippen molar-refractivity contribution >= 4 is 17.3 Å². The van der Waals surface area contributed by atoms with E-state index in [4.69, 9.17) is 0 Å². The van der Waals surface area contributed by atoms with Gasteiger partial charge in [-0.1, -0.05) is 6.92 Å². The molecule has 0 atom stereocenters. The molecule has 0 amide bonds. The molecule has 0 saturated heterocycles. The lowest BCUT2D eigenvalue weighted by Crippen LogP contribution is -2.07. The maximum Gasteiger partial charge on any atom is 0.169 e. The van der Waals surface area contributed by atoms with Crippen molar-refractivity contribution in [2.75, 3.05) is 17.2 Å². The molecule has 0 bridgehead atoms. The van der Waals surface area contributed by atoms with E-state index in [0.717, 1.165) is 12.5 Å². The Morgan fingerprint density at radius 3 is 2.38 bits per heavy atom. The highest BCUT2D eigenvalue weighted by atomic mass is 19.1. The van der Waals surface area contributed by atoms with E-state index >= 15 is 0 Å². The summed E-state index contributed by atoms with van der Waals surface area (Å²) < 4.78 is 40.5. The van der Waals surface area contributed by atoms with Crippen molar-refractivity contribution in [2.45, 2.75) is 20.3 Å². The molecule has 1 aromatic carbocycles. The number of aromatic nitrogens is 1. The van der Waals surface area contributed by atoms with Gasteiger partial charge in [-0.15, -0.1) is 0 Å². The first-order valence-electron chi connectivity index (χ1n) is 6.64. The highest BCUT2D eigenvalue weighted by Gasteiger charge is 2.12. The molecule has 0 fully saturated rings. The van der Waals surface area contributed by atoms with Crippen molar-refractivity contribution in [3.8, 4) is 0 Å². The van der Waals surface area contributed by atoms with Gasteiger partial charge in [0.15, 0.2) is 23.3 Å². The predicted octanol–water partition coefficient (Wildman–Crippen LogP) is 4.37. The number of anilines is 3. The molecule has 0 aliphatic rings. The summed E-state index contributed by atoms with van der Waals surface area (Å²) in [5, 5.41) is 5.51. The van der Waals surface area contributed by atoms with Crippen LogP contribution in [0.15, 0.2) is 24.3 Å². The van der Waals surface area contributed by atoms with E-state index in [0.29, 0.717) is 17.8 Å². The van der Waals surface area contributed by atoms with Gasteiger partial charge in [0, 0.05) is 18.3 Å². The molecule has 0 aliphatic heterocycles. The van der Waals surface area contributed by atoms with Crippen LogP contribution in [0.2, 0.25) is 0 Å². The molecule has 2 N–H and O–H groups in total. The summed E-state index contributed by atoms with van der Waals surface area (Å²) in [7, 11) is 0. The Labute approximate surface area is 121 Å². The Morgan fingerprint density at radius 1 is 1.00 bits per heavy atom. The van der Waals surface area contributed by atoms with E-state index in [2.05, 4.69) is 15.6 Å². The second-order valence-electron chi connectivity index (χ2n) is 4.66. The maximum atomic E-state index is 13.8. The summed E-state index contributed by atoms with van der Waals surface area (Å²) in [6.07, 6.45) is 0.790. The average molecular weight is 295 g/mol. The van der Waals surface area contributed by atoms with Crippen molar-refractivity contribution in [3.05, 3.63) is 47.3 Å².